The molecule has 0 bridgehead atoms. The lowest BCUT2D eigenvalue weighted by Gasteiger charge is -2.36. The second kappa shape index (κ2) is 21.5. The molecular formula is C20H46O4S6Si2. The Bertz CT molecular complexity index is 371. The maximum atomic E-state index is 6.33. The zero-order chi connectivity index (χ0) is 24.3. The topological polar surface area (TPSA) is 36.9 Å². The maximum absolute atomic E-state index is 6.33. The minimum absolute atomic E-state index is 0.446. The van der Waals surface area contributed by atoms with Crippen LogP contribution in [0.4, 0.5) is 0 Å². The van der Waals surface area contributed by atoms with E-state index in [-0.39, 0.29) is 0 Å². The Hall–Kier alpha value is 2.37. The molecule has 0 aliphatic rings. The summed E-state index contributed by atoms with van der Waals surface area (Å²) in [6.07, 6.45) is 4.40. The van der Waals surface area contributed by atoms with Gasteiger partial charge in [0.1, 0.15) is 0 Å². The largest absolute Gasteiger partial charge is 0.394 e. The van der Waals surface area contributed by atoms with Crippen LogP contribution in [0.25, 0.3) is 0 Å². The molecule has 2 atom stereocenters. The first-order valence-electron chi connectivity index (χ1n) is 12.0. The Morgan fingerprint density at radius 2 is 0.812 bits per heavy atom. The Balaban J connectivity index is 4.76. The van der Waals surface area contributed by atoms with Gasteiger partial charge in [-0.05, 0) is 91.9 Å². The highest BCUT2D eigenvalue weighted by molar-refractivity contribution is 9.42. The van der Waals surface area contributed by atoms with Crippen LogP contribution in [-0.4, -0.2) is 53.3 Å². The van der Waals surface area contributed by atoms with Gasteiger partial charge in [0.15, 0.2) is 0 Å². The highest BCUT2D eigenvalue weighted by atomic mass is 33.9. The fraction of sp³-hybridized carbons (Fsp3) is 1.00. The van der Waals surface area contributed by atoms with Crippen molar-refractivity contribution in [2.45, 2.75) is 103 Å². The molecule has 0 aliphatic heterocycles. The quantitative estimate of drug-likeness (QED) is 0.0644. The Kier molecular flexibility index (Phi) is 23.0. The Labute approximate surface area is 223 Å². The molecule has 0 aromatic heterocycles. The third-order valence-electron chi connectivity index (χ3n) is 4.87. The lowest BCUT2D eigenvalue weighted by Crippen LogP contribution is -2.51. The monoisotopic (exact) mass is 598 g/mol. The van der Waals surface area contributed by atoms with Crippen molar-refractivity contribution in [1.82, 2.24) is 0 Å². The van der Waals surface area contributed by atoms with E-state index in [0.29, 0.717) is 9.75 Å². The van der Waals surface area contributed by atoms with Gasteiger partial charge in [-0.1, -0.05) is 62.1 Å². The second-order valence-electron chi connectivity index (χ2n) is 7.11. The van der Waals surface area contributed by atoms with Crippen LogP contribution in [0.2, 0.25) is 12.1 Å². The first-order valence-corrected chi connectivity index (χ1v) is 23.8. The van der Waals surface area contributed by atoms with Crippen molar-refractivity contribution in [2.75, 3.05) is 26.4 Å². The third kappa shape index (κ3) is 12.1. The van der Waals surface area contributed by atoms with Gasteiger partial charge in [0, 0.05) is 26.4 Å². The standard InChI is InChI=1S/C20H46O4S6Si2/c1-9-17-31(21-13-5,22-14-6)19(11-3)25-27-29-30-28-26-20(12-4)32(18-10-2,23-15-7)24-16-8/h19-20H,9-18H2,1-8H3. The normalized spacial score (nSPS) is 14.6. The molecule has 0 radical (unpaired) electrons. The highest BCUT2D eigenvalue weighted by Crippen LogP contribution is 2.56. The summed E-state index contributed by atoms with van der Waals surface area (Å²) in [5.41, 5.74) is 0. The van der Waals surface area contributed by atoms with E-state index in [4.69, 9.17) is 17.7 Å². The van der Waals surface area contributed by atoms with E-state index in [1.165, 1.54) is 0 Å². The molecule has 0 fully saturated rings. The van der Waals surface area contributed by atoms with E-state index >= 15 is 0 Å². The van der Waals surface area contributed by atoms with E-state index in [0.717, 1.165) is 64.2 Å². The maximum Gasteiger partial charge on any atom is 0.352 e. The molecule has 2 unspecified atom stereocenters. The number of hydrogen-bond acceptors (Lipinski definition) is 10. The summed E-state index contributed by atoms with van der Waals surface area (Å²) in [6, 6.07) is 2.14. The summed E-state index contributed by atoms with van der Waals surface area (Å²) in [7, 11) is 6.98. The Morgan fingerprint density at radius 3 is 1.03 bits per heavy atom. The molecule has 0 aromatic rings. The molecule has 0 aliphatic carbocycles. The fourth-order valence-corrected chi connectivity index (χ4v) is 29.6. The average Bonchev–Trinajstić information content (AvgIpc) is 2.76. The predicted molar refractivity (Wildman–Crippen MR) is 162 cm³/mol. The summed E-state index contributed by atoms with van der Waals surface area (Å²) < 4.78 is 25.3. The van der Waals surface area contributed by atoms with Crippen LogP contribution >= 0.6 is 60.9 Å². The molecule has 0 saturated heterocycles. The molecule has 194 valence electrons. The van der Waals surface area contributed by atoms with Crippen LogP contribution in [0.3, 0.4) is 0 Å². The minimum Gasteiger partial charge on any atom is -0.394 e. The summed E-state index contributed by atoms with van der Waals surface area (Å²) in [5, 5.41) is 0. The molecule has 0 rings (SSSR count). The van der Waals surface area contributed by atoms with Gasteiger partial charge >= 0.3 is 17.1 Å². The molecule has 0 saturated carbocycles. The molecule has 32 heavy (non-hydrogen) atoms. The van der Waals surface area contributed by atoms with Crippen molar-refractivity contribution in [2.24, 2.45) is 0 Å². The average molecular weight is 599 g/mol. The van der Waals surface area contributed by atoms with Crippen LogP contribution in [0.5, 0.6) is 0 Å². The van der Waals surface area contributed by atoms with Crippen molar-refractivity contribution in [3.8, 4) is 0 Å². The molecule has 0 aromatic carbocycles. The first-order chi connectivity index (χ1) is 15.5. The minimum atomic E-state index is -2.19. The van der Waals surface area contributed by atoms with Crippen molar-refractivity contribution in [3.05, 3.63) is 0 Å². The van der Waals surface area contributed by atoms with Crippen molar-refractivity contribution in [1.29, 1.82) is 0 Å². The lowest BCUT2D eigenvalue weighted by molar-refractivity contribution is 0.179. The smallest absolute Gasteiger partial charge is 0.352 e. The van der Waals surface area contributed by atoms with Crippen LogP contribution in [-0.2, 0) is 17.7 Å². The van der Waals surface area contributed by atoms with E-state index < -0.39 is 17.1 Å². The first kappa shape index (κ1) is 34.4. The van der Waals surface area contributed by atoms with Crippen molar-refractivity contribution >= 4 is 78.0 Å². The fourth-order valence-electron chi connectivity index (χ4n) is 3.79. The van der Waals surface area contributed by atoms with Crippen LogP contribution < -0.4 is 0 Å². The van der Waals surface area contributed by atoms with Crippen LogP contribution in [0, 0.1) is 0 Å². The number of hydrogen-bond donors (Lipinski definition) is 0. The third-order valence-corrected chi connectivity index (χ3v) is 28.3. The zero-order valence-corrected chi connectivity index (χ0v) is 28.2. The van der Waals surface area contributed by atoms with E-state index in [1.807, 2.05) is 60.9 Å². The van der Waals surface area contributed by atoms with Crippen molar-refractivity contribution < 1.29 is 17.7 Å². The van der Waals surface area contributed by atoms with Crippen molar-refractivity contribution in [3.63, 3.8) is 0 Å². The van der Waals surface area contributed by atoms with E-state index in [1.54, 1.807) is 0 Å². The molecule has 0 heterocycles. The van der Waals surface area contributed by atoms with Gasteiger partial charge in [-0.3, -0.25) is 0 Å². The van der Waals surface area contributed by atoms with Gasteiger partial charge in [-0.2, -0.15) is 0 Å². The van der Waals surface area contributed by atoms with Gasteiger partial charge in [0.2, 0.25) is 0 Å². The lowest BCUT2D eigenvalue weighted by atomic mass is 10.6. The Morgan fingerprint density at radius 1 is 0.500 bits per heavy atom. The second-order valence-corrected chi connectivity index (χ2v) is 24.5. The van der Waals surface area contributed by atoms with Gasteiger partial charge in [-0.15, -0.1) is 0 Å². The molecule has 0 amide bonds. The van der Waals surface area contributed by atoms with E-state index in [2.05, 4.69) is 55.4 Å². The number of rotatable bonds is 23. The summed E-state index contributed by atoms with van der Waals surface area (Å²) in [5.74, 6) is 0. The van der Waals surface area contributed by atoms with Gasteiger partial charge in [0.25, 0.3) is 0 Å². The summed E-state index contributed by atoms with van der Waals surface area (Å²) in [4.78, 5) is 0.893. The van der Waals surface area contributed by atoms with E-state index in [9.17, 15) is 0 Å². The summed E-state index contributed by atoms with van der Waals surface area (Å²) >= 11 is 0. The molecular weight excluding hydrogens is 553 g/mol. The SMILES string of the molecule is CCC[Si](OCC)(OCC)C(CC)SSSSSSC(CC)[Si](CCC)(OCC)OCC. The molecule has 12 heteroatoms. The molecule has 0 N–H and O–H groups in total. The van der Waals surface area contributed by atoms with Gasteiger partial charge in [0.05, 0.1) is 9.75 Å². The molecule has 0 spiro atoms. The van der Waals surface area contributed by atoms with Crippen LogP contribution in [0.15, 0.2) is 0 Å². The van der Waals surface area contributed by atoms with Crippen LogP contribution in [0.1, 0.15) is 81.1 Å². The highest BCUT2D eigenvalue weighted by Gasteiger charge is 2.46. The molecule has 4 nitrogen and oxygen atoms in total. The van der Waals surface area contributed by atoms with Gasteiger partial charge in [-0.25, -0.2) is 0 Å². The predicted octanol–water partition coefficient (Wildman–Crippen LogP) is 9.45. The van der Waals surface area contributed by atoms with Gasteiger partial charge < -0.3 is 17.7 Å². The summed E-state index contributed by atoms with van der Waals surface area (Å²) in [6.45, 7) is 20.3. The zero-order valence-electron chi connectivity index (χ0n) is 21.3.